The number of ether oxygens (including phenoxy) is 1. The summed E-state index contributed by atoms with van der Waals surface area (Å²) >= 11 is 0. The number of hydrogen-bond acceptors (Lipinski definition) is 2. The Morgan fingerprint density at radius 3 is 2.77 bits per heavy atom. The first kappa shape index (κ1) is 9.27. The number of hydrogen-bond donors (Lipinski definition) is 0. The Morgan fingerprint density at radius 2 is 2.23 bits per heavy atom. The number of carbonyl (C=O) groups excluding carboxylic acids is 1. The third kappa shape index (κ3) is 1.85. The summed E-state index contributed by atoms with van der Waals surface area (Å²) < 4.78 is 4.55. The molecule has 1 rings (SSSR count). The van der Waals surface area contributed by atoms with E-state index in [1.165, 1.54) is 7.11 Å². The van der Waals surface area contributed by atoms with Gasteiger partial charge in [0.2, 0.25) is 5.69 Å². The summed E-state index contributed by atoms with van der Waals surface area (Å²) in [5, 5.41) is 0. The molecule has 0 radical (unpaired) electrons. The second-order valence-electron chi connectivity index (χ2n) is 2.62. The highest BCUT2D eigenvalue weighted by Gasteiger charge is 2.10. The average Bonchev–Trinajstić information content (AvgIpc) is 2.16. The number of benzene rings is 1. The van der Waals surface area contributed by atoms with Gasteiger partial charge >= 0.3 is 5.97 Å². The van der Waals surface area contributed by atoms with Crippen molar-refractivity contribution in [2.75, 3.05) is 7.11 Å². The van der Waals surface area contributed by atoms with Gasteiger partial charge in [-0.05, 0) is 6.92 Å². The highest BCUT2D eigenvalue weighted by atomic mass is 16.5. The van der Waals surface area contributed by atoms with E-state index in [9.17, 15) is 4.79 Å². The van der Waals surface area contributed by atoms with Crippen LogP contribution >= 0.6 is 0 Å². The first-order chi connectivity index (χ1) is 6.19. The smallest absolute Gasteiger partial charge is 0.327 e. The number of rotatable bonds is 1. The minimum Gasteiger partial charge on any atom is -0.466 e. The zero-order valence-corrected chi connectivity index (χ0v) is 7.50. The van der Waals surface area contributed by atoms with Crippen LogP contribution in [0.3, 0.4) is 0 Å². The van der Waals surface area contributed by atoms with Gasteiger partial charge in [0.25, 0.3) is 0 Å². The van der Waals surface area contributed by atoms with Crippen LogP contribution in [0.5, 0.6) is 0 Å². The van der Waals surface area contributed by atoms with Crippen molar-refractivity contribution in [3.05, 3.63) is 40.7 Å². The third-order valence-corrected chi connectivity index (χ3v) is 1.68. The van der Waals surface area contributed by atoms with Gasteiger partial charge in [-0.3, -0.25) is 0 Å². The first-order valence-corrected chi connectivity index (χ1v) is 3.75. The lowest BCUT2D eigenvalue weighted by atomic mass is 10.1. The zero-order chi connectivity index (χ0) is 9.84. The normalized spacial score (nSPS) is 9.00. The van der Waals surface area contributed by atoms with Crippen molar-refractivity contribution in [2.45, 2.75) is 6.92 Å². The molecule has 0 atom stereocenters. The number of nitrogens with zero attached hydrogens (tertiary/aromatic N) is 1. The lowest BCUT2D eigenvalue weighted by Crippen LogP contribution is -2.01. The maximum Gasteiger partial charge on any atom is 0.327 e. The maximum absolute atomic E-state index is 11.2. The molecule has 66 valence electrons. The first-order valence-electron chi connectivity index (χ1n) is 3.75. The van der Waals surface area contributed by atoms with Crippen LogP contribution in [0, 0.1) is 13.5 Å². The molecule has 0 saturated carbocycles. The van der Waals surface area contributed by atoms with Gasteiger partial charge < -0.3 is 4.74 Å². The monoisotopic (exact) mass is 175 g/mol. The standard InChI is InChI=1S/C10H9NO2/c1-7-4-5-9(11-2)8(6-7)10(12)13-3/h4-6H,1,3H3. The summed E-state index contributed by atoms with van der Waals surface area (Å²) in [6.07, 6.45) is 0. The van der Waals surface area contributed by atoms with Crippen molar-refractivity contribution < 1.29 is 9.53 Å². The topological polar surface area (TPSA) is 30.7 Å². The van der Waals surface area contributed by atoms with E-state index in [1.807, 2.05) is 6.92 Å². The summed E-state index contributed by atoms with van der Waals surface area (Å²) in [6.45, 7) is 8.70. The summed E-state index contributed by atoms with van der Waals surface area (Å²) in [5.41, 5.74) is 1.60. The molecule has 13 heavy (non-hydrogen) atoms. The van der Waals surface area contributed by atoms with Crippen molar-refractivity contribution in [3.63, 3.8) is 0 Å². The van der Waals surface area contributed by atoms with Crippen LogP contribution in [-0.4, -0.2) is 13.1 Å². The molecule has 0 aliphatic rings. The van der Waals surface area contributed by atoms with Crippen molar-refractivity contribution in [2.24, 2.45) is 0 Å². The molecule has 0 aliphatic heterocycles. The third-order valence-electron chi connectivity index (χ3n) is 1.68. The van der Waals surface area contributed by atoms with E-state index in [-0.39, 0.29) is 0 Å². The molecule has 1 aromatic rings. The molecular weight excluding hydrogens is 166 g/mol. The molecule has 0 aliphatic carbocycles. The van der Waals surface area contributed by atoms with Crippen LogP contribution in [0.2, 0.25) is 0 Å². The Labute approximate surface area is 76.8 Å². The van der Waals surface area contributed by atoms with Gasteiger partial charge in [0.15, 0.2) is 0 Å². The molecule has 0 amide bonds. The van der Waals surface area contributed by atoms with Crippen LogP contribution in [0.25, 0.3) is 4.85 Å². The van der Waals surface area contributed by atoms with E-state index in [1.54, 1.807) is 18.2 Å². The number of carbonyl (C=O) groups is 1. The van der Waals surface area contributed by atoms with E-state index < -0.39 is 5.97 Å². The quantitative estimate of drug-likeness (QED) is 0.484. The minimum absolute atomic E-state index is 0.331. The molecule has 3 nitrogen and oxygen atoms in total. The molecule has 0 spiro atoms. The van der Waals surface area contributed by atoms with Crippen molar-refractivity contribution in [3.8, 4) is 0 Å². The Kier molecular flexibility index (Phi) is 2.65. The Hall–Kier alpha value is -1.82. The zero-order valence-electron chi connectivity index (χ0n) is 7.50. The SMILES string of the molecule is [C-]#[N+]c1ccc(C)cc1C(=O)OC. The van der Waals surface area contributed by atoms with E-state index in [0.717, 1.165) is 5.56 Å². The van der Waals surface area contributed by atoms with E-state index in [2.05, 4.69) is 9.58 Å². The van der Waals surface area contributed by atoms with Gasteiger partial charge in [-0.15, -0.1) is 0 Å². The lowest BCUT2D eigenvalue weighted by molar-refractivity contribution is 0.0602. The molecular formula is C10H9NO2. The molecule has 1 aromatic carbocycles. The second kappa shape index (κ2) is 3.72. The number of methoxy groups -OCH3 is 1. The molecule has 0 aromatic heterocycles. The largest absolute Gasteiger partial charge is 0.466 e. The molecule has 0 bridgehead atoms. The molecule has 0 fully saturated rings. The van der Waals surface area contributed by atoms with E-state index in [4.69, 9.17) is 6.57 Å². The Bertz CT molecular complexity index is 377. The molecule has 3 heteroatoms. The summed E-state index contributed by atoms with van der Waals surface area (Å²) in [4.78, 5) is 14.4. The highest BCUT2D eigenvalue weighted by molar-refractivity contribution is 5.96. The number of esters is 1. The van der Waals surface area contributed by atoms with Gasteiger partial charge in [0.1, 0.15) is 0 Å². The fourth-order valence-electron chi connectivity index (χ4n) is 1.02. The van der Waals surface area contributed by atoms with Gasteiger partial charge in [-0.1, -0.05) is 23.8 Å². The summed E-state index contributed by atoms with van der Waals surface area (Å²) in [5.74, 6) is -0.463. The Balaban J connectivity index is 3.25. The fraction of sp³-hybridized carbons (Fsp3) is 0.200. The van der Waals surface area contributed by atoms with E-state index >= 15 is 0 Å². The van der Waals surface area contributed by atoms with Crippen LogP contribution in [-0.2, 0) is 4.74 Å². The Morgan fingerprint density at radius 1 is 1.54 bits per heavy atom. The second-order valence-corrected chi connectivity index (χ2v) is 2.62. The lowest BCUT2D eigenvalue weighted by Gasteiger charge is -2.02. The molecule has 0 N–H and O–H groups in total. The maximum atomic E-state index is 11.2. The van der Waals surface area contributed by atoms with Crippen molar-refractivity contribution >= 4 is 11.7 Å². The van der Waals surface area contributed by atoms with E-state index in [0.29, 0.717) is 11.3 Å². The highest BCUT2D eigenvalue weighted by Crippen LogP contribution is 2.20. The van der Waals surface area contributed by atoms with Crippen LogP contribution < -0.4 is 0 Å². The predicted molar refractivity (Wildman–Crippen MR) is 48.8 cm³/mol. The van der Waals surface area contributed by atoms with Crippen LogP contribution in [0.1, 0.15) is 15.9 Å². The fourth-order valence-corrected chi connectivity index (χ4v) is 1.02. The van der Waals surface area contributed by atoms with Gasteiger partial charge in [0.05, 0.1) is 19.2 Å². The van der Waals surface area contributed by atoms with Crippen LogP contribution in [0.15, 0.2) is 18.2 Å². The van der Waals surface area contributed by atoms with Crippen molar-refractivity contribution in [1.29, 1.82) is 0 Å². The van der Waals surface area contributed by atoms with Gasteiger partial charge in [0, 0.05) is 0 Å². The van der Waals surface area contributed by atoms with Gasteiger partial charge in [-0.25, -0.2) is 9.64 Å². The van der Waals surface area contributed by atoms with Crippen molar-refractivity contribution in [1.82, 2.24) is 0 Å². The summed E-state index contributed by atoms with van der Waals surface area (Å²) in [6, 6.07) is 5.06. The van der Waals surface area contributed by atoms with Crippen LogP contribution in [0.4, 0.5) is 5.69 Å². The number of aryl methyl sites for hydroxylation is 1. The minimum atomic E-state index is -0.463. The summed E-state index contributed by atoms with van der Waals surface area (Å²) in [7, 11) is 1.30. The molecule has 0 saturated heterocycles. The predicted octanol–water partition coefficient (Wildman–Crippen LogP) is 2.33. The molecule has 0 unspecified atom stereocenters. The average molecular weight is 175 g/mol. The van der Waals surface area contributed by atoms with Gasteiger partial charge in [-0.2, -0.15) is 0 Å². The molecule has 0 heterocycles.